The molecule has 0 bridgehead atoms. The summed E-state index contributed by atoms with van der Waals surface area (Å²) in [5.41, 5.74) is 13.1. The van der Waals surface area contributed by atoms with Crippen LogP contribution >= 0.6 is 0 Å². The first kappa shape index (κ1) is 33.1. The Morgan fingerprint density at radius 1 is 0.250 bits per heavy atom. The number of fused-ring (bicyclic) bond motifs is 12. The number of benzene rings is 11. The zero-order valence-corrected chi connectivity index (χ0v) is 32.4. The van der Waals surface area contributed by atoms with Crippen LogP contribution in [0.1, 0.15) is 0 Å². The molecule has 0 fully saturated rings. The summed E-state index contributed by atoms with van der Waals surface area (Å²) >= 11 is 0. The second-order valence-electron chi connectivity index (χ2n) is 15.9. The van der Waals surface area contributed by atoms with Gasteiger partial charge in [-0.25, -0.2) is 0 Å². The molecule has 2 nitrogen and oxygen atoms in total. The molecule has 278 valence electrons. The van der Waals surface area contributed by atoms with Gasteiger partial charge in [0.2, 0.25) is 0 Å². The molecule has 13 aromatic rings. The summed E-state index contributed by atoms with van der Waals surface area (Å²) in [6.07, 6.45) is 0. The van der Waals surface area contributed by atoms with Crippen molar-refractivity contribution in [1.82, 2.24) is 0 Å². The van der Waals surface area contributed by atoms with Crippen molar-refractivity contribution in [3.63, 3.8) is 0 Å². The Hall–Kier alpha value is -7.94. The molecular weight excluding hydrogens is 729 g/mol. The average Bonchev–Trinajstić information content (AvgIpc) is 3.89. The van der Waals surface area contributed by atoms with E-state index in [-0.39, 0.29) is 0 Å². The molecule has 0 N–H and O–H groups in total. The summed E-state index contributed by atoms with van der Waals surface area (Å²) in [5, 5.41) is 14.2. The molecule has 60 heavy (non-hydrogen) atoms. The molecule has 11 aromatic carbocycles. The van der Waals surface area contributed by atoms with Gasteiger partial charge in [0.05, 0.1) is 5.39 Å². The fourth-order valence-electron chi connectivity index (χ4n) is 10.0. The van der Waals surface area contributed by atoms with E-state index in [1.807, 2.05) is 12.1 Å². The van der Waals surface area contributed by atoms with Crippen LogP contribution in [0.2, 0.25) is 0 Å². The molecule has 2 heteroatoms. The maximum Gasteiger partial charge on any atom is 0.147 e. The van der Waals surface area contributed by atoms with E-state index in [0.29, 0.717) is 0 Å². The van der Waals surface area contributed by atoms with Gasteiger partial charge in [0.15, 0.2) is 0 Å². The Balaban J connectivity index is 0.976. The minimum atomic E-state index is 0.838. The summed E-state index contributed by atoms with van der Waals surface area (Å²) in [6, 6.07) is 74.6. The summed E-state index contributed by atoms with van der Waals surface area (Å²) in [7, 11) is 0. The Bertz CT molecular complexity index is 3820. The van der Waals surface area contributed by atoms with E-state index in [2.05, 4.69) is 194 Å². The number of hydrogen-bond acceptors (Lipinski definition) is 2. The lowest BCUT2D eigenvalue weighted by Gasteiger charge is -2.18. The predicted molar refractivity (Wildman–Crippen MR) is 253 cm³/mol. The van der Waals surface area contributed by atoms with Crippen LogP contribution in [-0.2, 0) is 0 Å². The van der Waals surface area contributed by atoms with Crippen molar-refractivity contribution in [2.45, 2.75) is 0 Å². The van der Waals surface area contributed by atoms with Crippen molar-refractivity contribution in [1.29, 1.82) is 0 Å². The Kier molecular flexibility index (Phi) is 7.05. The smallest absolute Gasteiger partial charge is 0.147 e. The molecule has 2 aromatic heterocycles. The number of para-hydroxylation sites is 1. The molecule has 0 aliphatic carbocycles. The number of hydrogen-bond donors (Lipinski definition) is 0. The van der Waals surface area contributed by atoms with Gasteiger partial charge in [0, 0.05) is 16.2 Å². The van der Waals surface area contributed by atoms with Gasteiger partial charge < -0.3 is 8.83 Å². The molecule has 0 aliphatic heterocycles. The largest absolute Gasteiger partial charge is 0.456 e. The molecule has 0 unspecified atom stereocenters. The van der Waals surface area contributed by atoms with Gasteiger partial charge in [-0.15, -0.1) is 0 Å². The maximum absolute atomic E-state index is 6.83. The van der Waals surface area contributed by atoms with Crippen molar-refractivity contribution < 1.29 is 8.83 Å². The van der Waals surface area contributed by atoms with Crippen molar-refractivity contribution in [2.75, 3.05) is 0 Å². The van der Waals surface area contributed by atoms with E-state index < -0.39 is 0 Å². The van der Waals surface area contributed by atoms with Crippen molar-refractivity contribution >= 4 is 87.0 Å². The third kappa shape index (κ3) is 4.82. The summed E-state index contributed by atoms with van der Waals surface area (Å²) in [4.78, 5) is 0. The molecule has 13 rings (SSSR count). The van der Waals surface area contributed by atoms with Gasteiger partial charge in [-0.1, -0.05) is 176 Å². The Morgan fingerprint density at radius 3 is 1.57 bits per heavy atom. The van der Waals surface area contributed by atoms with E-state index in [4.69, 9.17) is 8.83 Å². The molecule has 0 saturated carbocycles. The van der Waals surface area contributed by atoms with Crippen LogP contribution in [0.25, 0.3) is 131 Å². The fraction of sp³-hybridized carbons (Fsp3) is 0. The van der Waals surface area contributed by atoms with Gasteiger partial charge in [0.1, 0.15) is 22.3 Å². The highest BCUT2D eigenvalue weighted by Crippen LogP contribution is 2.47. The highest BCUT2D eigenvalue weighted by Gasteiger charge is 2.21. The van der Waals surface area contributed by atoms with Gasteiger partial charge in [-0.05, 0) is 118 Å². The second kappa shape index (κ2) is 12.8. The normalized spacial score (nSPS) is 12.0. The summed E-state index contributed by atoms with van der Waals surface area (Å²) < 4.78 is 13.1. The first-order valence-corrected chi connectivity index (χ1v) is 20.6. The van der Waals surface area contributed by atoms with Crippen LogP contribution in [0.5, 0.6) is 0 Å². The van der Waals surface area contributed by atoms with Crippen LogP contribution in [0.4, 0.5) is 0 Å². The van der Waals surface area contributed by atoms with Crippen LogP contribution in [-0.4, -0.2) is 0 Å². The molecular formula is C58H34O2. The summed E-state index contributed by atoms with van der Waals surface area (Å²) in [6.45, 7) is 0. The zero-order chi connectivity index (χ0) is 39.3. The number of rotatable bonds is 4. The third-order valence-corrected chi connectivity index (χ3v) is 12.7. The monoisotopic (exact) mass is 762 g/mol. The third-order valence-electron chi connectivity index (χ3n) is 12.7. The van der Waals surface area contributed by atoms with E-state index in [1.165, 1.54) is 76.5 Å². The van der Waals surface area contributed by atoms with Gasteiger partial charge in [-0.2, -0.15) is 0 Å². The van der Waals surface area contributed by atoms with Crippen molar-refractivity contribution in [2.24, 2.45) is 0 Å². The van der Waals surface area contributed by atoms with Crippen LogP contribution in [0.15, 0.2) is 215 Å². The van der Waals surface area contributed by atoms with Gasteiger partial charge in [0.25, 0.3) is 0 Å². The highest BCUT2D eigenvalue weighted by molar-refractivity contribution is 6.28. The van der Waals surface area contributed by atoms with Crippen LogP contribution in [0, 0.1) is 0 Å². The quantitative estimate of drug-likeness (QED) is 0.167. The molecule has 0 atom stereocenters. The molecule has 0 amide bonds. The predicted octanol–water partition coefficient (Wildman–Crippen LogP) is 16.8. The lowest BCUT2D eigenvalue weighted by molar-refractivity contribution is 0.663. The first-order chi connectivity index (χ1) is 29.8. The highest BCUT2D eigenvalue weighted by atomic mass is 16.3. The lowest BCUT2D eigenvalue weighted by atomic mass is 9.85. The summed E-state index contributed by atoms with van der Waals surface area (Å²) in [5.74, 6) is 0. The molecule has 0 aliphatic rings. The van der Waals surface area contributed by atoms with Crippen LogP contribution in [0.3, 0.4) is 0 Å². The molecule has 0 saturated heterocycles. The topological polar surface area (TPSA) is 26.3 Å². The van der Waals surface area contributed by atoms with E-state index in [9.17, 15) is 0 Å². The first-order valence-electron chi connectivity index (χ1n) is 20.6. The average molecular weight is 763 g/mol. The van der Waals surface area contributed by atoms with E-state index >= 15 is 0 Å². The number of furan rings is 2. The lowest BCUT2D eigenvalue weighted by Crippen LogP contribution is -1.91. The van der Waals surface area contributed by atoms with Crippen molar-refractivity contribution in [3.8, 4) is 44.5 Å². The Labute approximate surface area is 345 Å². The zero-order valence-electron chi connectivity index (χ0n) is 32.4. The fourth-order valence-corrected chi connectivity index (χ4v) is 10.0. The Morgan fingerprint density at radius 2 is 0.817 bits per heavy atom. The van der Waals surface area contributed by atoms with E-state index in [1.54, 1.807) is 0 Å². The molecule has 0 radical (unpaired) electrons. The maximum atomic E-state index is 6.83. The second-order valence-corrected chi connectivity index (χ2v) is 15.9. The molecule has 2 heterocycles. The van der Waals surface area contributed by atoms with Gasteiger partial charge in [-0.3, -0.25) is 0 Å². The van der Waals surface area contributed by atoms with E-state index in [0.717, 1.165) is 55.0 Å². The minimum absolute atomic E-state index is 0.838. The minimum Gasteiger partial charge on any atom is -0.456 e. The SMILES string of the molecule is c1cc(-c2cccc3ccccc23)cc(-c2c3ccccc3c(-c3ccc(-c4cc5oc6c(ccc7oc8ccccc8c76)c5c5ccccc45)cc3)c3ccccc23)c1. The molecule has 0 spiro atoms. The van der Waals surface area contributed by atoms with Crippen molar-refractivity contribution in [3.05, 3.63) is 206 Å². The van der Waals surface area contributed by atoms with Crippen LogP contribution < -0.4 is 0 Å². The standard InChI is InChI=1S/C58H34O2/c1-2-17-40-35(13-1)14-12-25-41(40)38-15-11-16-39(33-38)55-46-22-7-5-20-44(46)54(45-21-6-8-23-47(45)55)37-29-27-36(28-30-37)50-34-53-56(43-19-4-3-18-42(43)50)49-31-32-52-57(58(49)60-53)48-24-9-10-26-51(48)59-52/h1-34H. The van der Waals surface area contributed by atoms with Gasteiger partial charge >= 0.3 is 0 Å².